The van der Waals surface area contributed by atoms with Crippen LogP contribution in [0.5, 0.6) is 0 Å². The number of likely N-dealkylation sites (N-methyl/N-ethyl adjacent to an activating group) is 1. The summed E-state index contributed by atoms with van der Waals surface area (Å²) in [7, 11) is 4.06. The van der Waals surface area contributed by atoms with Crippen molar-refractivity contribution in [2.75, 3.05) is 35.7 Å². The van der Waals surface area contributed by atoms with Crippen molar-refractivity contribution in [1.29, 1.82) is 0 Å². The Hall–Kier alpha value is -4.10. The fourth-order valence-corrected chi connectivity index (χ4v) is 4.93. The van der Waals surface area contributed by atoms with Gasteiger partial charge < -0.3 is 25.4 Å². The molecule has 2 aromatic carbocycles. The molecule has 7 nitrogen and oxygen atoms in total. The van der Waals surface area contributed by atoms with Crippen LogP contribution in [-0.4, -0.2) is 41.6 Å². The maximum atomic E-state index is 12.1. The Morgan fingerprint density at radius 2 is 2.06 bits per heavy atom. The summed E-state index contributed by atoms with van der Waals surface area (Å²) in [6, 6.07) is 19.2. The van der Waals surface area contributed by atoms with E-state index in [1.54, 1.807) is 0 Å². The minimum Gasteiger partial charge on any atom is -0.368 e. The number of anilines is 3. The third-order valence-corrected chi connectivity index (χ3v) is 6.88. The van der Waals surface area contributed by atoms with Gasteiger partial charge in [-0.1, -0.05) is 30.8 Å². The number of aromatic nitrogens is 2. The zero-order chi connectivity index (χ0) is 25.1. The number of amides is 1. The lowest BCUT2D eigenvalue weighted by molar-refractivity contribution is -0.111. The Morgan fingerprint density at radius 3 is 2.86 bits per heavy atom. The summed E-state index contributed by atoms with van der Waals surface area (Å²) in [5.74, 6) is 0.591. The number of nitrogens with one attached hydrogen (secondary N) is 3. The number of aryl methyl sites for hydroxylation is 1. The Bertz CT molecular complexity index is 1410. The molecule has 36 heavy (non-hydrogen) atoms. The molecule has 2 aromatic heterocycles. The molecule has 1 amide bonds. The predicted octanol–water partition coefficient (Wildman–Crippen LogP) is 4.78. The average Bonchev–Trinajstić information content (AvgIpc) is 3.52. The number of hydrogen-bond acceptors (Lipinski definition) is 5. The molecule has 0 saturated carbocycles. The van der Waals surface area contributed by atoms with Gasteiger partial charge in [-0.05, 0) is 61.0 Å². The number of pyridine rings is 1. The lowest BCUT2D eigenvalue weighted by atomic mass is 10.1. The second-order valence-corrected chi connectivity index (χ2v) is 9.22. The van der Waals surface area contributed by atoms with Crippen LogP contribution in [0, 0.1) is 0 Å². The Morgan fingerprint density at radius 1 is 1.19 bits per heavy atom. The van der Waals surface area contributed by atoms with Crippen molar-refractivity contribution in [3.05, 3.63) is 85.2 Å². The van der Waals surface area contributed by atoms with Crippen LogP contribution in [0.2, 0.25) is 0 Å². The summed E-state index contributed by atoms with van der Waals surface area (Å²) in [5.41, 5.74) is 6.39. The molecule has 4 aromatic rings. The summed E-state index contributed by atoms with van der Waals surface area (Å²) in [4.78, 5) is 19.0. The van der Waals surface area contributed by atoms with Crippen molar-refractivity contribution in [1.82, 2.24) is 14.9 Å². The summed E-state index contributed by atoms with van der Waals surface area (Å²) in [6.07, 6.45) is 6.38. The van der Waals surface area contributed by atoms with Crippen molar-refractivity contribution >= 4 is 34.0 Å². The normalized spacial score (nSPS) is 15.3. The van der Waals surface area contributed by atoms with Gasteiger partial charge in [0.2, 0.25) is 5.91 Å². The first-order chi connectivity index (χ1) is 17.6. The molecule has 184 valence electrons. The number of hydrogen-bond donors (Lipinski definition) is 3. The molecule has 0 spiro atoms. The molecule has 0 radical (unpaired) electrons. The molecule has 1 fully saturated rings. The number of fused-ring (bicyclic) bond motifs is 1. The van der Waals surface area contributed by atoms with Crippen LogP contribution < -0.4 is 20.9 Å². The third kappa shape index (κ3) is 4.83. The van der Waals surface area contributed by atoms with Crippen LogP contribution in [-0.2, 0) is 18.4 Å². The number of nitrogens with zero attached hydrogens (tertiary/aromatic N) is 3. The predicted molar refractivity (Wildman–Crippen MR) is 148 cm³/mol. The van der Waals surface area contributed by atoms with Gasteiger partial charge >= 0.3 is 0 Å². The number of para-hydroxylation sites is 1. The molecule has 0 aliphatic carbocycles. The lowest BCUT2D eigenvalue weighted by Crippen LogP contribution is -2.30. The van der Waals surface area contributed by atoms with Crippen LogP contribution in [0.1, 0.15) is 12.0 Å². The largest absolute Gasteiger partial charge is 0.368 e. The van der Waals surface area contributed by atoms with Gasteiger partial charge in [0.1, 0.15) is 5.82 Å². The highest BCUT2D eigenvalue weighted by molar-refractivity contribution is 6.01. The van der Waals surface area contributed by atoms with E-state index in [0.29, 0.717) is 12.6 Å². The topological polar surface area (TPSA) is 74.2 Å². The molecule has 0 bridgehead atoms. The Labute approximate surface area is 211 Å². The molecule has 3 heterocycles. The van der Waals surface area contributed by atoms with E-state index in [0.717, 1.165) is 47.8 Å². The van der Waals surface area contributed by atoms with E-state index < -0.39 is 0 Å². The van der Waals surface area contributed by atoms with Crippen molar-refractivity contribution in [2.45, 2.75) is 19.0 Å². The quantitative estimate of drug-likeness (QED) is 0.317. The summed E-state index contributed by atoms with van der Waals surface area (Å²) in [6.45, 7) is 6.05. The fraction of sp³-hybridized carbons (Fsp3) is 0.241. The van der Waals surface area contributed by atoms with Crippen LogP contribution >= 0.6 is 0 Å². The van der Waals surface area contributed by atoms with Crippen molar-refractivity contribution < 1.29 is 4.79 Å². The molecule has 1 aliphatic rings. The minimum absolute atomic E-state index is 0.213. The molecular weight excluding hydrogens is 448 g/mol. The van der Waals surface area contributed by atoms with Gasteiger partial charge in [0.15, 0.2) is 0 Å². The number of benzene rings is 2. The summed E-state index contributed by atoms with van der Waals surface area (Å²) < 4.78 is 2.15. The SMILES string of the molecule is C=CC(=O)Nc1cc(CNc2cc(-c3cn(C)c4ccccc34)ccn2)ccc1N1CCC(NC)C1. The van der Waals surface area contributed by atoms with E-state index in [4.69, 9.17) is 0 Å². The van der Waals surface area contributed by atoms with E-state index in [1.807, 2.05) is 25.4 Å². The maximum Gasteiger partial charge on any atom is 0.247 e. The maximum absolute atomic E-state index is 12.1. The van der Waals surface area contributed by atoms with Gasteiger partial charge in [-0.2, -0.15) is 0 Å². The standard InChI is InChI=1S/C29H32N6O/c1-4-29(36)33-25-15-20(9-10-27(25)35-14-12-22(18-35)30-2)17-32-28-16-21(11-13-31-28)24-19-34(3)26-8-6-5-7-23(24)26/h4-11,13,15-16,19,22,30H,1,12,14,17-18H2,2-3H3,(H,31,32)(H,33,36). The fourth-order valence-electron chi connectivity index (χ4n) is 4.93. The van der Waals surface area contributed by atoms with E-state index in [-0.39, 0.29) is 5.91 Å². The van der Waals surface area contributed by atoms with Gasteiger partial charge in [-0.15, -0.1) is 0 Å². The molecule has 1 unspecified atom stereocenters. The first-order valence-corrected chi connectivity index (χ1v) is 12.3. The first kappa shape index (κ1) is 23.6. The van der Waals surface area contributed by atoms with Gasteiger partial charge in [0, 0.05) is 61.6 Å². The Kier molecular flexibility index (Phi) is 6.73. The van der Waals surface area contributed by atoms with Crippen LogP contribution in [0.3, 0.4) is 0 Å². The molecule has 7 heteroatoms. The number of carbonyl (C=O) groups excluding carboxylic acids is 1. The van der Waals surface area contributed by atoms with E-state index in [9.17, 15) is 4.79 Å². The molecule has 1 aliphatic heterocycles. The smallest absolute Gasteiger partial charge is 0.247 e. The highest BCUT2D eigenvalue weighted by atomic mass is 16.1. The summed E-state index contributed by atoms with van der Waals surface area (Å²) >= 11 is 0. The highest BCUT2D eigenvalue weighted by Crippen LogP contribution is 2.32. The molecule has 5 rings (SSSR count). The molecule has 1 atom stereocenters. The van der Waals surface area contributed by atoms with E-state index in [2.05, 4.69) is 92.7 Å². The van der Waals surface area contributed by atoms with E-state index >= 15 is 0 Å². The second-order valence-electron chi connectivity index (χ2n) is 9.22. The van der Waals surface area contributed by atoms with Crippen LogP contribution in [0.4, 0.5) is 17.2 Å². The van der Waals surface area contributed by atoms with E-state index in [1.165, 1.54) is 22.5 Å². The van der Waals surface area contributed by atoms with Crippen molar-refractivity contribution in [2.24, 2.45) is 7.05 Å². The third-order valence-electron chi connectivity index (χ3n) is 6.88. The highest BCUT2D eigenvalue weighted by Gasteiger charge is 2.23. The molecule has 1 saturated heterocycles. The van der Waals surface area contributed by atoms with Gasteiger partial charge in [-0.25, -0.2) is 4.98 Å². The lowest BCUT2D eigenvalue weighted by Gasteiger charge is -2.23. The Balaban J connectivity index is 1.36. The van der Waals surface area contributed by atoms with Crippen molar-refractivity contribution in [3.63, 3.8) is 0 Å². The van der Waals surface area contributed by atoms with Crippen LogP contribution in [0.25, 0.3) is 22.0 Å². The minimum atomic E-state index is -0.213. The average molecular weight is 481 g/mol. The zero-order valence-corrected chi connectivity index (χ0v) is 20.8. The molecule has 3 N–H and O–H groups in total. The number of rotatable bonds is 8. The van der Waals surface area contributed by atoms with Crippen LogP contribution in [0.15, 0.2) is 79.6 Å². The van der Waals surface area contributed by atoms with Gasteiger partial charge in [-0.3, -0.25) is 4.79 Å². The monoisotopic (exact) mass is 480 g/mol. The number of carbonyl (C=O) groups is 1. The first-order valence-electron chi connectivity index (χ1n) is 12.3. The van der Waals surface area contributed by atoms with Gasteiger partial charge in [0.25, 0.3) is 0 Å². The van der Waals surface area contributed by atoms with Crippen molar-refractivity contribution in [3.8, 4) is 11.1 Å². The zero-order valence-electron chi connectivity index (χ0n) is 20.8. The second kappa shape index (κ2) is 10.3. The summed E-state index contributed by atoms with van der Waals surface area (Å²) in [5, 5.41) is 11.0. The van der Waals surface area contributed by atoms with Gasteiger partial charge in [0.05, 0.1) is 11.4 Å². The molecular formula is C29H32N6O.